The van der Waals surface area contributed by atoms with Gasteiger partial charge < -0.3 is 14.6 Å². The van der Waals surface area contributed by atoms with Gasteiger partial charge in [-0.05, 0) is 49.7 Å². The van der Waals surface area contributed by atoms with Crippen molar-refractivity contribution in [3.63, 3.8) is 0 Å². The Balaban J connectivity index is 1.90. The molecule has 0 bridgehead atoms. The van der Waals surface area contributed by atoms with Crippen LogP contribution < -0.4 is 0 Å². The number of hydrogen-bond acceptors (Lipinski definition) is 6. The summed E-state index contributed by atoms with van der Waals surface area (Å²) in [6, 6.07) is 13.2. The molecule has 1 aromatic carbocycles. The van der Waals surface area contributed by atoms with Crippen LogP contribution >= 0.6 is 0 Å². The zero-order chi connectivity index (χ0) is 23.2. The van der Waals surface area contributed by atoms with Crippen molar-refractivity contribution in [2.75, 3.05) is 0 Å². The quantitative estimate of drug-likeness (QED) is 0.398. The molecule has 0 radical (unpaired) electrons. The van der Waals surface area contributed by atoms with E-state index in [1.165, 1.54) is 0 Å². The van der Waals surface area contributed by atoms with Crippen molar-refractivity contribution in [3.05, 3.63) is 95.2 Å². The van der Waals surface area contributed by atoms with Crippen molar-refractivity contribution in [3.8, 4) is 11.1 Å². The van der Waals surface area contributed by atoms with Crippen LogP contribution in [-0.4, -0.2) is 30.2 Å². The topological polar surface area (TPSA) is 101 Å². The molecule has 4 heterocycles. The van der Waals surface area contributed by atoms with E-state index in [0.717, 1.165) is 28.2 Å². The Morgan fingerprint density at radius 3 is 2.55 bits per heavy atom. The van der Waals surface area contributed by atoms with E-state index >= 15 is 0 Å². The van der Waals surface area contributed by atoms with Gasteiger partial charge in [-0.1, -0.05) is 31.1 Å². The molecule has 1 atom stereocenters. The van der Waals surface area contributed by atoms with Gasteiger partial charge in [-0.15, -0.1) is 0 Å². The normalized spacial score (nSPS) is 13.5. The highest BCUT2D eigenvalue weighted by Crippen LogP contribution is 2.41. The van der Waals surface area contributed by atoms with E-state index in [1.807, 2.05) is 56.3 Å². The number of imidazole rings is 1. The van der Waals surface area contributed by atoms with Crippen molar-refractivity contribution in [2.45, 2.75) is 39.2 Å². The van der Waals surface area contributed by atoms with E-state index in [1.54, 1.807) is 18.6 Å². The van der Waals surface area contributed by atoms with E-state index in [9.17, 15) is 5.11 Å². The lowest BCUT2D eigenvalue weighted by Crippen LogP contribution is -2.30. The number of pyridine rings is 2. The van der Waals surface area contributed by atoms with Gasteiger partial charge >= 0.3 is 0 Å². The molecule has 166 valence electrons. The zero-order valence-electron chi connectivity index (χ0n) is 19.0. The third-order valence-corrected chi connectivity index (χ3v) is 5.98. The second kappa shape index (κ2) is 7.94. The van der Waals surface area contributed by atoms with Crippen LogP contribution in [0.1, 0.15) is 53.9 Å². The lowest BCUT2D eigenvalue weighted by atomic mass is 9.82. The van der Waals surface area contributed by atoms with Crippen molar-refractivity contribution < 1.29 is 9.63 Å². The monoisotopic (exact) mass is 439 g/mol. The summed E-state index contributed by atoms with van der Waals surface area (Å²) in [7, 11) is 0. The average molecular weight is 440 g/mol. The number of fused-ring (bicyclic) bond motifs is 1. The number of H-pyrrole nitrogens is 1. The maximum atomic E-state index is 12.4. The molecule has 0 fully saturated rings. The molecule has 4 aromatic heterocycles. The number of aromatic amines is 1. The minimum atomic E-state index is -1.58. The van der Waals surface area contributed by atoms with Crippen molar-refractivity contribution in [2.24, 2.45) is 0 Å². The fourth-order valence-corrected chi connectivity index (χ4v) is 4.32. The molecular weight excluding hydrogens is 414 g/mol. The summed E-state index contributed by atoms with van der Waals surface area (Å²) >= 11 is 0. The second-order valence-corrected chi connectivity index (χ2v) is 8.56. The molecule has 0 aliphatic heterocycles. The van der Waals surface area contributed by atoms with Crippen LogP contribution in [0.3, 0.4) is 0 Å². The van der Waals surface area contributed by atoms with Crippen molar-refractivity contribution >= 4 is 11.0 Å². The second-order valence-electron chi connectivity index (χ2n) is 8.56. The van der Waals surface area contributed by atoms with Gasteiger partial charge in [-0.3, -0.25) is 9.97 Å². The molecule has 0 aliphatic carbocycles. The number of nitrogens with zero attached hydrogens (tertiary/aromatic N) is 4. The third-order valence-electron chi connectivity index (χ3n) is 5.98. The SMILES string of the molecule is Cc1noc(C)c1-c1cc(C(O)(c2cccnc2)c2ccccn2)c2nc(C(C)C)[nH]c2c1. The first-order chi connectivity index (χ1) is 15.9. The van der Waals surface area contributed by atoms with Gasteiger partial charge in [0.25, 0.3) is 0 Å². The highest BCUT2D eigenvalue weighted by atomic mass is 16.5. The molecule has 0 amide bonds. The lowest BCUT2D eigenvalue weighted by Gasteiger charge is -2.29. The fourth-order valence-electron chi connectivity index (χ4n) is 4.32. The Morgan fingerprint density at radius 1 is 1.06 bits per heavy atom. The maximum absolute atomic E-state index is 12.4. The first-order valence-corrected chi connectivity index (χ1v) is 10.9. The largest absolute Gasteiger partial charge is 0.374 e. The summed E-state index contributed by atoms with van der Waals surface area (Å²) in [6.45, 7) is 7.96. The smallest absolute Gasteiger partial charge is 0.160 e. The first-order valence-electron chi connectivity index (χ1n) is 10.9. The highest BCUT2D eigenvalue weighted by Gasteiger charge is 2.38. The summed E-state index contributed by atoms with van der Waals surface area (Å²) in [5, 5.41) is 16.6. The zero-order valence-corrected chi connectivity index (χ0v) is 19.0. The molecule has 0 saturated carbocycles. The summed E-state index contributed by atoms with van der Waals surface area (Å²) in [4.78, 5) is 17.1. The van der Waals surface area contributed by atoms with Gasteiger partial charge in [0.1, 0.15) is 11.6 Å². The Morgan fingerprint density at radius 2 is 1.91 bits per heavy atom. The van der Waals surface area contributed by atoms with Crippen LogP contribution in [0, 0.1) is 13.8 Å². The minimum absolute atomic E-state index is 0.189. The van der Waals surface area contributed by atoms with E-state index in [2.05, 4.69) is 34.0 Å². The number of benzene rings is 1. The van der Waals surface area contributed by atoms with E-state index in [-0.39, 0.29) is 5.92 Å². The van der Waals surface area contributed by atoms with E-state index in [0.29, 0.717) is 28.1 Å². The fraction of sp³-hybridized carbons (Fsp3) is 0.231. The van der Waals surface area contributed by atoms with Gasteiger partial charge in [0, 0.05) is 41.2 Å². The molecular formula is C26H25N5O2. The average Bonchev–Trinajstić information content (AvgIpc) is 3.42. The Bertz CT molecular complexity index is 1360. The molecule has 2 N–H and O–H groups in total. The van der Waals surface area contributed by atoms with Crippen molar-refractivity contribution in [1.29, 1.82) is 0 Å². The number of hydrogen-bond donors (Lipinski definition) is 2. The van der Waals surface area contributed by atoms with Gasteiger partial charge in [0.2, 0.25) is 0 Å². The molecule has 0 spiro atoms. The number of aryl methyl sites for hydroxylation is 2. The number of rotatable bonds is 5. The standard InChI is InChI=1S/C26H25N5O2/c1-15(2)25-29-21-13-18(23-16(3)31-33-17(23)4)12-20(24(21)30-25)26(32,19-8-7-10-27-14-19)22-9-5-6-11-28-22/h5-15,32H,1-4H3,(H,29,30). The van der Waals surface area contributed by atoms with Crippen LogP contribution in [0.25, 0.3) is 22.2 Å². The van der Waals surface area contributed by atoms with Gasteiger partial charge in [0.15, 0.2) is 5.60 Å². The van der Waals surface area contributed by atoms with Gasteiger partial charge in [-0.25, -0.2) is 4.98 Å². The van der Waals surface area contributed by atoms with Crippen LogP contribution in [0.2, 0.25) is 0 Å². The molecule has 7 heteroatoms. The van der Waals surface area contributed by atoms with Crippen LogP contribution in [0.4, 0.5) is 0 Å². The van der Waals surface area contributed by atoms with Crippen LogP contribution in [0.5, 0.6) is 0 Å². The Kier molecular flexibility index (Phi) is 5.06. The Hall–Kier alpha value is -3.84. The van der Waals surface area contributed by atoms with Crippen LogP contribution in [0.15, 0.2) is 65.6 Å². The number of aliphatic hydroxyl groups is 1. The minimum Gasteiger partial charge on any atom is -0.374 e. The Labute approximate surface area is 191 Å². The molecule has 5 rings (SSSR count). The summed E-state index contributed by atoms with van der Waals surface area (Å²) in [5.74, 6) is 1.75. The lowest BCUT2D eigenvalue weighted by molar-refractivity contribution is 0.122. The molecule has 1 unspecified atom stereocenters. The molecule has 5 aromatic rings. The summed E-state index contributed by atoms with van der Waals surface area (Å²) < 4.78 is 5.44. The molecule has 33 heavy (non-hydrogen) atoms. The summed E-state index contributed by atoms with van der Waals surface area (Å²) in [5.41, 5.74) is 4.20. The third kappa shape index (κ3) is 3.41. The number of nitrogens with one attached hydrogen (secondary N) is 1. The predicted octanol–water partition coefficient (Wildman–Crippen LogP) is 5.03. The van der Waals surface area contributed by atoms with Gasteiger partial charge in [0.05, 0.1) is 22.4 Å². The van der Waals surface area contributed by atoms with E-state index < -0.39 is 5.60 Å². The predicted molar refractivity (Wildman–Crippen MR) is 126 cm³/mol. The molecule has 7 nitrogen and oxygen atoms in total. The van der Waals surface area contributed by atoms with Gasteiger partial charge in [-0.2, -0.15) is 0 Å². The summed E-state index contributed by atoms with van der Waals surface area (Å²) in [6.07, 6.45) is 5.03. The number of aromatic nitrogens is 5. The first kappa shape index (κ1) is 21.0. The van der Waals surface area contributed by atoms with Crippen LogP contribution in [-0.2, 0) is 5.60 Å². The molecule has 0 aliphatic rings. The van der Waals surface area contributed by atoms with Crippen molar-refractivity contribution in [1.82, 2.24) is 25.1 Å². The maximum Gasteiger partial charge on any atom is 0.160 e. The van der Waals surface area contributed by atoms with E-state index in [4.69, 9.17) is 9.51 Å². The highest BCUT2D eigenvalue weighted by molar-refractivity contribution is 5.88. The molecule has 0 saturated heterocycles.